The Morgan fingerprint density at radius 1 is 1.06 bits per heavy atom. The summed E-state index contributed by atoms with van der Waals surface area (Å²) in [5, 5.41) is 0. The molecule has 0 radical (unpaired) electrons. The van der Waals surface area contributed by atoms with Crippen molar-refractivity contribution in [1.29, 1.82) is 0 Å². The molecule has 0 heterocycles. The van der Waals surface area contributed by atoms with Gasteiger partial charge < -0.3 is 20.9 Å². The van der Waals surface area contributed by atoms with Crippen molar-refractivity contribution in [2.45, 2.75) is 33.6 Å². The van der Waals surface area contributed by atoms with Crippen LogP contribution in [0.3, 0.4) is 0 Å². The van der Waals surface area contributed by atoms with Gasteiger partial charge in [-0.25, -0.2) is 9.59 Å². The lowest BCUT2D eigenvalue weighted by atomic mass is 9.75. The Hall–Kier alpha value is -1.46. The molecule has 100 valence electrons. The third-order valence-electron chi connectivity index (χ3n) is 3.06. The highest BCUT2D eigenvalue weighted by molar-refractivity contribution is 5.65. The van der Waals surface area contributed by atoms with Gasteiger partial charge >= 0.3 is 12.2 Å². The van der Waals surface area contributed by atoms with Crippen LogP contribution in [0.1, 0.15) is 33.6 Å². The van der Waals surface area contributed by atoms with Gasteiger partial charge in [0, 0.05) is 5.41 Å². The molecule has 0 aliphatic rings. The number of primary amides is 2. The summed E-state index contributed by atoms with van der Waals surface area (Å²) in [5.41, 5.74) is 9.43. The van der Waals surface area contributed by atoms with Gasteiger partial charge in [-0.2, -0.15) is 0 Å². The van der Waals surface area contributed by atoms with Crippen LogP contribution < -0.4 is 11.5 Å². The molecule has 0 fully saturated rings. The molecule has 0 unspecified atom stereocenters. The van der Waals surface area contributed by atoms with E-state index in [0.717, 1.165) is 12.8 Å². The molecule has 4 N–H and O–H groups in total. The van der Waals surface area contributed by atoms with Gasteiger partial charge in [-0.15, -0.1) is 0 Å². The zero-order valence-corrected chi connectivity index (χ0v) is 10.7. The van der Waals surface area contributed by atoms with E-state index in [2.05, 4.69) is 0 Å². The summed E-state index contributed by atoms with van der Waals surface area (Å²) in [4.78, 5) is 21.3. The van der Waals surface area contributed by atoms with Gasteiger partial charge in [-0.05, 0) is 5.92 Å². The number of amides is 2. The van der Waals surface area contributed by atoms with E-state index in [9.17, 15) is 9.59 Å². The lowest BCUT2D eigenvalue weighted by Gasteiger charge is -2.35. The summed E-state index contributed by atoms with van der Waals surface area (Å²) in [5.74, 6) is 0.251. The minimum absolute atomic E-state index is 0.113. The Morgan fingerprint density at radius 2 is 1.41 bits per heavy atom. The standard InChI is InChI=1S/C11H22N2O4/c1-4-8(5-2)11(3,6-16-9(12)14)7-17-10(13)15/h8H,4-7H2,1-3H3,(H2,12,14)(H2,13,15). The average Bonchev–Trinajstić information content (AvgIpc) is 2.25. The fraction of sp³-hybridized carbons (Fsp3) is 0.818. The highest BCUT2D eigenvalue weighted by atomic mass is 16.6. The van der Waals surface area contributed by atoms with Crippen molar-refractivity contribution in [2.24, 2.45) is 22.8 Å². The molecule has 0 aliphatic carbocycles. The van der Waals surface area contributed by atoms with Crippen molar-refractivity contribution in [1.82, 2.24) is 0 Å². The number of nitrogens with two attached hydrogens (primary N) is 2. The Balaban J connectivity index is 4.64. The zero-order valence-electron chi connectivity index (χ0n) is 10.7. The summed E-state index contributed by atoms with van der Waals surface area (Å²) < 4.78 is 9.66. The van der Waals surface area contributed by atoms with E-state index in [4.69, 9.17) is 20.9 Å². The van der Waals surface area contributed by atoms with E-state index >= 15 is 0 Å². The molecule has 0 rings (SSSR count). The monoisotopic (exact) mass is 246 g/mol. The molecular weight excluding hydrogens is 224 g/mol. The largest absolute Gasteiger partial charge is 0.449 e. The molecule has 0 saturated carbocycles. The van der Waals surface area contributed by atoms with E-state index in [-0.39, 0.29) is 19.1 Å². The van der Waals surface area contributed by atoms with Crippen LogP contribution in [0.5, 0.6) is 0 Å². The third kappa shape index (κ3) is 5.42. The molecule has 6 heteroatoms. The minimum Gasteiger partial charge on any atom is -0.449 e. The smallest absolute Gasteiger partial charge is 0.404 e. The predicted octanol–water partition coefficient (Wildman–Crippen LogP) is 1.62. The third-order valence-corrected chi connectivity index (χ3v) is 3.06. The highest BCUT2D eigenvalue weighted by Crippen LogP contribution is 2.33. The summed E-state index contributed by atoms with van der Waals surface area (Å²) in [7, 11) is 0. The number of ether oxygens (including phenoxy) is 2. The number of hydrogen-bond donors (Lipinski definition) is 2. The minimum atomic E-state index is -0.832. The molecule has 2 amide bonds. The lowest BCUT2D eigenvalue weighted by molar-refractivity contribution is 0.00122. The second-order valence-corrected chi connectivity index (χ2v) is 4.38. The summed E-state index contributed by atoms with van der Waals surface area (Å²) in [6.07, 6.45) is 0.108. The predicted molar refractivity (Wildman–Crippen MR) is 63.2 cm³/mol. The summed E-state index contributed by atoms with van der Waals surface area (Å²) in [6.45, 7) is 6.17. The average molecular weight is 246 g/mol. The Morgan fingerprint density at radius 3 is 1.65 bits per heavy atom. The number of hydrogen-bond acceptors (Lipinski definition) is 4. The van der Waals surface area contributed by atoms with E-state index in [0.29, 0.717) is 0 Å². The first-order valence-electron chi connectivity index (χ1n) is 5.70. The van der Waals surface area contributed by atoms with Crippen LogP contribution in [0.25, 0.3) is 0 Å². The van der Waals surface area contributed by atoms with Crippen molar-refractivity contribution in [2.75, 3.05) is 13.2 Å². The molecule has 0 spiro atoms. The second kappa shape index (κ2) is 6.98. The summed E-state index contributed by atoms with van der Waals surface area (Å²) >= 11 is 0. The summed E-state index contributed by atoms with van der Waals surface area (Å²) in [6, 6.07) is 0. The van der Waals surface area contributed by atoms with Crippen molar-refractivity contribution in [3.63, 3.8) is 0 Å². The molecule has 0 aromatic heterocycles. The Labute approximate surface area is 102 Å². The Kier molecular flexibility index (Phi) is 6.38. The van der Waals surface area contributed by atoms with Crippen LogP contribution in [-0.2, 0) is 9.47 Å². The molecule has 0 aromatic rings. The highest BCUT2D eigenvalue weighted by Gasteiger charge is 2.35. The Bertz CT molecular complexity index is 246. The molecule has 6 nitrogen and oxygen atoms in total. The van der Waals surface area contributed by atoms with Gasteiger partial charge in [0.15, 0.2) is 0 Å². The van der Waals surface area contributed by atoms with E-state index in [1.54, 1.807) is 0 Å². The van der Waals surface area contributed by atoms with Crippen LogP contribution >= 0.6 is 0 Å². The van der Waals surface area contributed by atoms with Gasteiger partial charge in [0.2, 0.25) is 0 Å². The number of rotatable bonds is 7. The quantitative estimate of drug-likeness (QED) is 0.712. The van der Waals surface area contributed by atoms with E-state index in [1.165, 1.54) is 0 Å². The van der Waals surface area contributed by atoms with Crippen LogP contribution in [0.4, 0.5) is 9.59 Å². The van der Waals surface area contributed by atoms with Gasteiger partial charge in [0.05, 0.1) is 0 Å². The fourth-order valence-electron chi connectivity index (χ4n) is 2.02. The van der Waals surface area contributed by atoms with Crippen LogP contribution in [0.15, 0.2) is 0 Å². The van der Waals surface area contributed by atoms with Gasteiger partial charge in [0.1, 0.15) is 13.2 Å². The topological polar surface area (TPSA) is 105 Å². The van der Waals surface area contributed by atoms with Gasteiger partial charge in [0.25, 0.3) is 0 Å². The van der Waals surface area contributed by atoms with Crippen LogP contribution in [-0.4, -0.2) is 25.4 Å². The number of carbonyl (C=O) groups excluding carboxylic acids is 2. The molecular formula is C11H22N2O4. The van der Waals surface area contributed by atoms with Crippen molar-refractivity contribution < 1.29 is 19.1 Å². The first kappa shape index (κ1) is 15.5. The maximum atomic E-state index is 10.7. The molecule has 0 atom stereocenters. The fourth-order valence-corrected chi connectivity index (χ4v) is 2.02. The molecule has 0 saturated heterocycles. The second-order valence-electron chi connectivity index (χ2n) is 4.38. The van der Waals surface area contributed by atoms with Crippen LogP contribution in [0, 0.1) is 11.3 Å². The maximum Gasteiger partial charge on any atom is 0.404 e. The van der Waals surface area contributed by atoms with E-state index < -0.39 is 17.6 Å². The lowest BCUT2D eigenvalue weighted by Crippen LogP contribution is -2.39. The molecule has 0 bridgehead atoms. The molecule has 0 aromatic carbocycles. The van der Waals surface area contributed by atoms with E-state index in [1.807, 2.05) is 20.8 Å². The van der Waals surface area contributed by atoms with Crippen molar-refractivity contribution >= 4 is 12.2 Å². The first-order chi connectivity index (χ1) is 7.85. The number of carbonyl (C=O) groups is 2. The van der Waals surface area contributed by atoms with Gasteiger partial charge in [-0.3, -0.25) is 0 Å². The normalized spacial score (nSPS) is 11.3. The first-order valence-corrected chi connectivity index (χ1v) is 5.70. The van der Waals surface area contributed by atoms with Crippen LogP contribution in [0.2, 0.25) is 0 Å². The van der Waals surface area contributed by atoms with Crippen molar-refractivity contribution in [3.05, 3.63) is 0 Å². The maximum absolute atomic E-state index is 10.7. The van der Waals surface area contributed by atoms with Crippen molar-refractivity contribution in [3.8, 4) is 0 Å². The molecule has 17 heavy (non-hydrogen) atoms. The zero-order chi connectivity index (χ0) is 13.5. The van der Waals surface area contributed by atoms with Gasteiger partial charge in [-0.1, -0.05) is 33.6 Å². The SMILES string of the molecule is CCC(CC)C(C)(COC(N)=O)COC(N)=O. The molecule has 0 aliphatic heterocycles.